The van der Waals surface area contributed by atoms with E-state index in [4.69, 9.17) is 14.5 Å². The maximum Gasteiger partial charge on any atom is 0.410 e. The standard InChI is InChI=1S/C27H30N6O4/c1-26(2,3)37-25(34)33-19-8-20(33)14-31(13-19)23-5-4-17(11-29-23)22-9-21(36-16-27(35)6-7-27)15-32-24(22)18(10-28)12-30-32/h4-5,9,11-12,15,19-20,35H,6-8,13-14,16H2,1-3H3. The molecule has 1 aliphatic carbocycles. The van der Waals surface area contributed by atoms with Gasteiger partial charge in [0.1, 0.15) is 29.8 Å². The fraction of sp³-hybridized carbons (Fsp3) is 0.481. The summed E-state index contributed by atoms with van der Waals surface area (Å²) in [5.74, 6) is 1.41. The van der Waals surface area contributed by atoms with Gasteiger partial charge in [0.2, 0.25) is 0 Å². The van der Waals surface area contributed by atoms with Crippen molar-refractivity contribution < 1.29 is 19.4 Å². The number of hydrogen-bond donors (Lipinski definition) is 1. The first-order chi connectivity index (χ1) is 17.6. The van der Waals surface area contributed by atoms with Gasteiger partial charge in [-0.2, -0.15) is 10.4 Å². The summed E-state index contributed by atoms with van der Waals surface area (Å²) in [6.07, 6.45) is 7.27. The number of hydrogen-bond acceptors (Lipinski definition) is 8. The number of aromatic nitrogens is 3. The van der Waals surface area contributed by atoms with Crippen LogP contribution in [0.4, 0.5) is 10.6 Å². The highest BCUT2D eigenvalue weighted by Gasteiger charge is 2.49. The molecule has 37 heavy (non-hydrogen) atoms. The molecule has 0 aromatic carbocycles. The van der Waals surface area contributed by atoms with Gasteiger partial charge in [-0.1, -0.05) is 0 Å². The molecule has 0 spiro atoms. The van der Waals surface area contributed by atoms with E-state index in [1.807, 2.05) is 43.9 Å². The van der Waals surface area contributed by atoms with Crippen LogP contribution in [0.1, 0.15) is 45.6 Å². The van der Waals surface area contributed by atoms with Gasteiger partial charge in [0.25, 0.3) is 0 Å². The van der Waals surface area contributed by atoms with E-state index in [-0.39, 0.29) is 24.8 Å². The van der Waals surface area contributed by atoms with Crippen LogP contribution in [0.15, 0.2) is 36.8 Å². The number of piperidine rings is 1. The topological polar surface area (TPSA) is 116 Å². The predicted molar refractivity (Wildman–Crippen MR) is 135 cm³/mol. The Hall–Kier alpha value is -3.84. The average molecular weight is 503 g/mol. The Kier molecular flexibility index (Phi) is 5.31. The molecule has 1 amide bonds. The normalized spacial score (nSPS) is 21.8. The van der Waals surface area contributed by atoms with Crippen LogP contribution in [-0.4, -0.2) is 73.7 Å². The molecule has 3 aromatic heterocycles. The van der Waals surface area contributed by atoms with Gasteiger partial charge in [-0.15, -0.1) is 0 Å². The first-order valence-electron chi connectivity index (χ1n) is 12.6. The number of rotatable bonds is 5. The second kappa shape index (κ2) is 8.35. The molecule has 3 aromatic rings. The molecule has 2 bridgehead atoms. The molecular weight excluding hydrogens is 472 g/mol. The van der Waals surface area contributed by atoms with Crippen LogP contribution >= 0.6 is 0 Å². The Bertz CT molecular complexity index is 1390. The van der Waals surface area contributed by atoms with Crippen LogP contribution in [0.25, 0.3) is 16.6 Å². The summed E-state index contributed by atoms with van der Waals surface area (Å²) < 4.78 is 13.1. The number of nitriles is 1. The summed E-state index contributed by atoms with van der Waals surface area (Å²) in [4.78, 5) is 21.4. The number of aliphatic hydroxyl groups is 1. The monoisotopic (exact) mass is 502 g/mol. The van der Waals surface area contributed by atoms with Crippen molar-refractivity contribution >= 4 is 17.4 Å². The lowest BCUT2D eigenvalue weighted by molar-refractivity contribution is -0.0380. The Morgan fingerprint density at radius 3 is 2.62 bits per heavy atom. The Morgan fingerprint density at radius 1 is 1.24 bits per heavy atom. The molecular formula is C27H30N6O4. The Balaban J connectivity index is 1.22. The van der Waals surface area contributed by atoms with Gasteiger partial charge >= 0.3 is 6.09 Å². The van der Waals surface area contributed by atoms with Crippen molar-refractivity contribution in [2.45, 2.75) is 63.3 Å². The number of carbonyl (C=O) groups is 1. The van der Waals surface area contributed by atoms with E-state index in [9.17, 15) is 15.2 Å². The van der Waals surface area contributed by atoms with Crippen LogP contribution in [0.3, 0.4) is 0 Å². The van der Waals surface area contributed by atoms with Crippen molar-refractivity contribution in [3.8, 4) is 22.9 Å². The van der Waals surface area contributed by atoms with Gasteiger partial charge in [0.05, 0.1) is 41.2 Å². The number of nitrogens with zero attached hydrogens (tertiary/aromatic N) is 6. The van der Waals surface area contributed by atoms with Crippen LogP contribution in [0.5, 0.6) is 5.75 Å². The zero-order valence-corrected chi connectivity index (χ0v) is 21.2. The van der Waals surface area contributed by atoms with Gasteiger partial charge in [-0.05, 0) is 58.2 Å². The maximum absolute atomic E-state index is 12.6. The number of fused-ring (bicyclic) bond motifs is 3. The zero-order valence-electron chi connectivity index (χ0n) is 21.2. The zero-order chi connectivity index (χ0) is 25.9. The third-order valence-electron chi connectivity index (χ3n) is 7.22. The maximum atomic E-state index is 12.6. The van der Waals surface area contributed by atoms with E-state index in [2.05, 4.69) is 16.1 Å². The highest BCUT2D eigenvalue weighted by Crippen LogP contribution is 2.38. The van der Waals surface area contributed by atoms with E-state index in [1.54, 1.807) is 16.9 Å². The fourth-order valence-electron chi connectivity index (χ4n) is 5.13. The summed E-state index contributed by atoms with van der Waals surface area (Å²) in [6.45, 7) is 7.29. The minimum Gasteiger partial charge on any atom is -0.489 e. The van der Waals surface area contributed by atoms with Crippen molar-refractivity contribution in [1.82, 2.24) is 19.5 Å². The summed E-state index contributed by atoms with van der Waals surface area (Å²) in [5, 5.41) is 24.1. The van der Waals surface area contributed by atoms with Gasteiger partial charge in [-0.3, -0.25) is 4.90 Å². The fourth-order valence-corrected chi connectivity index (χ4v) is 5.13. The van der Waals surface area contributed by atoms with Crippen molar-refractivity contribution in [1.29, 1.82) is 5.26 Å². The number of ether oxygens (including phenoxy) is 2. The number of piperazine rings is 1. The second-order valence-corrected chi connectivity index (χ2v) is 11.3. The molecule has 6 heterocycles. The summed E-state index contributed by atoms with van der Waals surface area (Å²) in [7, 11) is 0. The minimum atomic E-state index is -0.742. The van der Waals surface area contributed by atoms with Crippen molar-refractivity contribution in [3.63, 3.8) is 0 Å². The van der Waals surface area contributed by atoms with Crippen molar-refractivity contribution in [2.24, 2.45) is 0 Å². The highest BCUT2D eigenvalue weighted by atomic mass is 16.6. The van der Waals surface area contributed by atoms with Gasteiger partial charge in [0, 0.05) is 30.4 Å². The molecule has 2 unspecified atom stereocenters. The summed E-state index contributed by atoms with van der Waals surface area (Å²) in [6, 6.07) is 8.27. The molecule has 1 N–H and O–H groups in total. The molecule has 10 nitrogen and oxygen atoms in total. The number of carbonyl (C=O) groups excluding carboxylic acids is 1. The highest BCUT2D eigenvalue weighted by molar-refractivity contribution is 5.85. The first kappa shape index (κ1) is 23.6. The Labute approximate surface area is 215 Å². The lowest BCUT2D eigenvalue weighted by atomic mass is 9.88. The summed E-state index contributed by atoms with van der Waals surface area (Å²) in [5.41, 5.74) is 1.51. The molecule has 192 valence electrons. The SMILES string of the molecule is CC(C)(C)OC(=O)N1C2CC1CN(c1ccc(-c3cc(OCC4(O)CC4)cn4ncc(C#N)c34)cn1)C2. The van der Waals surface area contributed by atoms with E-state index >= 15 is 0 Å². The Morgan fingerprint density at radius 2 is 2.00 bits per heavy atom. The lowest BCUT2D eigenvalue weighted by Gasteiger charge is -2.56. The van der Waals surface area contributed by atoms with Crippen LogP contribution in [0, 0.1) is 11.3 Å². The van der Waals surface area contributed by atoms with Gasteiger partial charge in [-0.25, -0.2) is 14.3 Å². The largest absolute Gasteiger partial charge is 0.489 e. The molecule has 3 saturated heterocycles. The van der Waals surface area contributed by atoms with Gasteiger partial charge < -0.3 is 19.5 Å². The molecule has 4 fully saturated rings. The quantitative estimate of drug-likeness (QED) is 0.565. The van der Waals surface area contributed by atoms with E-state index < -0.39 is 11.2 Å². The first-order valence-corrected chi connectivity index (χ1v) is 12.6. The van der Waals surface area contributed by atoms with Crippen molar-refractivity contribution in [2.75, 3.05) is 24.6 Å². The number of anilines is 1. The molecule has 3 aliphatic heterocycles. The third kappa shape index (κ3) is 4.44. The molecule has 1 saturated carbocycles. The number of amides is 1. The molecule has 7 rings (SSSR count). The molecule has 10 heteroatoms. The summed E-state index contributed by atoms with van der Waals surface area (Å²) >= 11 is 0. The van der Waals surface area contributed by atoms with Crippen LogP contribution in [-0.2, 0) is 4.74 Å². The van der Waals surface area contributed by atoms with E-state index in [0.717, 1.165) is 36.2 Å². The van der Waals surface area contributed by atoms with E-state index in [1.165, 1.54) is 6.20 Å². The van der Waals surface area contributed by atoms with Crippen LogP contribution in [0.2, 0.25) is 0 Å². The smallest absolute Gasteiger partial charge is 0.410 e. The second-order valence-electron chi connectivity index (χ2n) is 11.3. The minimum absolute atomic E-state index is 0.120. The molecule has 2 atom stereocenters. The van der Waals surface area contributed by atoms with Crippen LogP contribution < -0.4 is 9.64 Å². The van der Waals surface area contributed by atoms with Crippen molar-refractivity contribution in [3.05, 3.63) is 42.4 Å². The molecule has 4 aliphatic rings. The molecule has 0 radical (unpaired) electrons. The predicted octanol–water partition coefficient (Wildman–Crippen LogP) is 3.37. The van der Waals surface area contributed by atoms with Gasteiger partial charge in [0.15, 0.2) is 0 Å². The number of pyridine rings is 2. The third-order valence-corrected chi connectivity index (χ3v) is 7.22. The average Bonchev–Trinajstić information content (AvgIpc) is 3.45. The van der Waals surface area contributed by atoms with E-state index in [0.29, 0.717) is 29.9 Å². The lowest BCUT2D eigenvalue weighted by Crippen LogP contribution is -2.70.